The predicted molar refractivity (Wildman–Crippen MR) is 103 cm³/mol. The van der Waals surface area contributed by atoms with E-state index in [-0.39, 0.29) is 0 Å². The number of nitrogens with zero attached hydrogens (tertiary/aromatic N) is 4. The van der Waals surface area contributed by atoms with Crippen LogP contribution in [0.25, 0.3) is 0 Å². The van der Waals surface area contributed by atoms with Gasteiger partial charge in [-0.3, -0.25) is 9.80 Å². The van der Waals surface area contributed by atoms with Crippen LogP contribution in [0.4, 0.5) is 5.13 Å². The summed E-state index contributed by atoms with van der Waals surface area (Å²) in [7, 11) is 4.01. The monoisotopic (exact) mass is 364 g/mol. The van der Waals surface area contributed by atoms with Crippen molar-refractivity contribution in [2.24, 2.45) is 0 Å². The van der Waals surface area contributed by atoms with E-state index in [0.717, 1.165) is 44.4 Å². The lowest BCUT2D eigenvalue weighted by atomic mass is 10.1. The topological polar surface area (TPSA) is 22.6 Å². The molecule has 0 aliphatic carbocycles. The smallest absolute Gasteiger partial charge is 0.186 e. The van der Waals surface area contributed by atoms with Gasteiger partial charge in [0, 0.05) is 53.4 Å². The van der Waals surface area contributed by atoms with E-state index in [2.05, 4.69) is 46.0 Å². The molecule has 2 heterocycles. The van der Waals surface area contributed by atoms with Gasteiger partial charge >= 0.3 is 0 Å². The van der Waals surface area contributed by atoms with Gasteiger partial charge in [-0.2, -0.15) is 0 Å². The SMILES string of the molecule is Cc1cccc(CN2CCN(Cc3sc(N(C)C)nc3Cl)CC2)c1. The summed E-state index contributed by atoms with van der Waals surface area (Å²) in [5.41, 5.74) is 2.74. The standard InChI is InChI=1S/C18H25ClN4S/c1-14-5-4-6-15(11-14)12-22-7-9-23(10-8-22)13-16-17(19)20-18(24-16)21(2)3/h4-6,11H,7-10,12-13H2,1-3H3. The molecule has 6 heteroatoms. The highest BCUT2D eigenvalue weighted by Crippen LogP contribution is 2.29. The zero-order chi connectivity index (χ0) is 17.1. The first-order valence-electron chi connectivity index (χ1n) is 8.34. The van der Waals surface area contributed by atoms with Crippen LogP contribution >= 0.6 is 22.9 Å². The Morgan fingerprint density at radius 1 is 1.12 bits per heavy atom. The van der Waals surface area contributed by atoms with Crippen LogP contribution in [-0.4, -0.2) is 55.1 Å². The van der Waals surface area contributed by atoms with Gasteiger partial charge in [0.05, 0.1) is 4.88 Å². The largest absolute Gasteiger partial charge is 0.354 e. The number of benzene rings is 1. The molecule has 130 valence electrons. The zero-order valence-corrected chi connectivity index (χ0v) is 16.2. The molecule has 3 rings (SSSR count). The molecule has 0 unspecified atom stereocenters. The van der Waals surface area contributed by atoms with Gasteiger partial charge in [0.15, 0.2) is 5.13 Å². The molecule has 0 spiro atoms. The van der Waals surface area contributed by atoms with E-state index in [0.29, 0.717) is 5.15 Å². The third-order valence-electron chi connectivity index (χ3n) is 4.34. The molecule has 0 bridgehead atoms. The third kappa shape index (κ3) is 4.48. The van der Waals surface area contributed by atoms with E-state index >= 15 is 0 Å². The van der Waals surface area contributed by atoms with Gasteiger partial charge in [0.25, 0.3) is 0 Å². The van der Waals surface area contributed by atoms with E-state index in [4.69, 9.17) is 11.6 Å². The normalized spacial score (nSPS) is 16.5. The van der Waals surface area contributed by atoms with Gasteiger partial charge in [0.1, 0.15) is 5.15 Å². The van der Waals surface area contributed by atoms with Gasteiger partial charge in [-0.15, -0.1) is 0 Å². The predicted octanol–water partition coefficient (Wildman–Crippen LogP) is 3.49. The molecule has 0 saturated carbocycles. The minimum atomic E-state index is 0.658. The number of rotatable bonds is 5. The quantitative estimate of drug-likeness (QED) is 0.809. The lowest BCUT2D eigenvalue weighted by Gasteiger charge is -2.34. The van der Waals surface area contributed by atoms with Crippen LogP contribution in [0.3, 0.4) is 0 Å². The molecular weight excluding hydrogens is 340 g/mol. The fourth-order valence-electron chi connectivity index (χ4n) is 2.99. The average Bonchev–Trinajstić information content (AvgIpc) is 2.91. The highest BCUT2D eigenvalue weighted by atomic mass is 35.5. The molecule has 1 fully saturated rings. The van der Waals surface area contributed by atoms with Crippen molar-refractivity contribution in [3.8, 4) is 0 Å². The van der Waals surface area contributed by atoms with Crippen LogP contribution in [0.15, 0.2) is 24.3 Å². The Balaban J connectivity index is 1.52. The fourth-order valence-corrected chi connectivity index (χ4v) is 4.21. The molecule has 0 amide bonds. The van der Waals surface area contributed by atoms with Crippen molar-refractivity contribution in [2.45, 2.75) is 20.0 Å². The number of halogens is 1. The Labute approximate surface area is 153 Å². The average molecular weight is 365 g/mol. The fraction of sp³-hybridized carbons (Fsp3) is 0.500. The summed E-state index contributed by atoms with van der Waals surface area (Å²) >= 11 is 7.99. The summed E-state index contributed by atoms with van der Waals surface area (Å²) in [5, 5.41) is 1.64. The van der Waals surface area contributed by atoms with E-state index in [1.807, 2.05) is 19.0 Å². The van der Waals surface area contributed by atoms with Crippen molar-refractivity contribution in [2.75, 3.05) is 45.2 Å². The summed E-state index contributed by atoms with van der Waals surface area (Å²) in [6.07, 6.45) is 0. The van der Waals surface area contributed by atoms with Crippen molar-refractivity contribution in [3.63, 3.8) is 0 Å². The number of aromatic nitrogens is 1. The van der Waals surface area contributed by atoms with Crippen molar-refractivity contribution in [1.82, 2.24) is 14.8 Å². The van der Waals surface area contributed by atoms with Crippen molar-refractivity contribution < 1.29 is 0 Å². The first-order valence-corrected chi connectivity index (χ1v) is 9.53. The zero-order valence-electron chi connectivity index (χ0n) is 14.6. The first kappa shape index (κ1) is 17.7. The molecule has 2 aromatic rings. The minimum absolute atomic E-state index is 0.658. The number of anilines is 1. The van der Waals surface area contributed by atoms with E-state index in [1.54, 1.807) is 11.3 Å². The molecule has 1 aromatic carbocycles. The Morgan fingerprint density at radius 2 is 1.79 bits per heavy atom. The Morgan fingerprint density at radius 3 is 2.38 bits per heavy atom. The second-order valence-electron chi connectivity index (χ2n) is 6.65. The van der Waals surface area contributed by atoms with Crippen LogP contribution in [0.5, 0.6) is 0 Å². The van der Waals surface area contributed by atoms with Gasteiger partial charge in [0.2, 0.25) is 0 Å². The van der Waals surface area contributed by atoms with E-state index < -0.39 is 0 Å². The molecule has 0 atom stereocenters. The molecule has 1 aliphatic rings. The Kier molecular flexibility index (Phi) is 5.76. The maximum Gasteiger partial charge on any atom is 0.186 e. The molecule has 0 N–H and O–H groups in total. The molecule has 1 aromatic heterocycles. The summed E-state index contributed by atoms with van der Waals surface area (Å²) in [4.78, 5) is 12.6. The second-order valence-corrected chi connectivity index (χ2v) is 8.07. The molecule has 4 nitrogen and oxygen atoms in total. The second kappa shape index (κ2) is 7.83. The molecular formula is C18H25ClN4S. The van der Waals surface area contributed by atoms with Crippen LogP contribution in [-0.2, 0) is 13.1 Å². The Hall–Kier alpha value is -1.14. The van der Waals surface area contributed by atoms with E-state index in [9.17, 15) is 0 Å². The van der Waals surface area contributed by atoms with Crippen LogP contribution in [0, 0.1) is 6.92 Å². The van der Waals surface area contributed by atoms with Gasteiger partial charge < -0.3 is 4.90 Å². The molecule has 1 aliphatic heterocycles. The maximum absolute atomic E-state index is 6.29. The van der Waals surface area contributed by atoms with Gasteiger partial charge in [-0.1, -0.05) is 52.8 Å². The summed E-state index contributed by atoms with van der Waals surface area (Å²) in [5.74, 6) is 0. The van der Waals surface area contributed by atoms with Crippen LogP contribution in [0.2, 0.25) is 5.15 Å². The molecule has 0 radical (unpaired) electrons. The third-order valence-corrected chi connectivity index (χ3v) is 5.97. The first-order chi connectivity index (χ1) is 11.5. The lowest BCUT2D eigenvalue weighted by molar-refractivity contribution is 0.123. The van der Waals surface area contributed by atoms with Gasteiger partial charge in [-0.05, 0) is 12.5 Å². The van der Waals surface area contributed by atoms with Crippen molar-refractivity contribution in [3.05, 3.63) is 45.4 Å². The lowest BCUT2D eigenvalue weighted by Crippen LogP contribution is -2.45. The summed E-state index contributed by atoms with van der Waals surface area (Å²) in [6, 6.07) is 8.81. The summed E-state index contributed by atoms with van der Waals surface area (Å²) in [6.45, 7) is 8.47. The van der Waals surface area contributed by atoms with Crippen LogP contribution in [0.1, 0.15) is 16.0 Å². The van der Waals surface area contributed by atoms with Crippen LogP contribution < -0.4 is 4.90 Å². The number of piperazine rings is 1. The van der Waals surface area contributed by atoms with E-state index in [1.165, 1.54) is 16.0 Å². The molecule has 1 saturated heterocycles. The highest BCUT2D eigenvalue weighted by molar-refractivity contribution is 7.16. The van der Waals surface area contributed by atoms with Crippen molar-refractivity contribution >= 4 is 28.1 Å². The maximum atomic E-state index is 6.29. The van der Waals surface area contributed by atoms with Crippen molar-refractivity contribution in [1.29, 1.82) is 0 Å². The van der Waals surface area contributed by atoms with Gasteiger partial charge in [-0.25, -0.2) is 4.98 Å². The number of hydrogen-bond donors (Lipinski definition) is 0. The minimum Gasteiger partial charge on any atom is -0.354 e. The number of aryl methyl sites for hydroxylation is 1. The number of hydrogen-bond acceptors (Lipinski definition) is 5. The Bertz CT molecular complexity index is 677. The molecule has 24 heavy (non-hydrogen) atoms. The number of thiazole rings is 1. The highest BCUT2D eigenvalue weighted by Gasteiger charge is 2.20. The summed E-state index contributed by atoms with van der Waals surface area (Å²) < 4.78 is 0.